The van der Waals surface area contributed by atoms with E-state index in [9.17, 15) is 0 Å². The molecule has 2 N–H and O–H groups in total. The average Bonchev–Trinajstić information content (AvgIpc) is 2.86. The average molecular weight is 310 g/mol. The Morgan fingerprint density at radius 3 is 2.67 bits per heavy atom. The summed E-state index contributed by atoms with van der Waals surface area (Å²) in [7, 11) is 0. The number of hydrogen-bond donors (Lipinski definition) is 1. The van der Waals surface area contributed by atoms with Gasteiger partial charge in [0, 0.05) is 18.3 Å². The van der Waals surface area contributed by atoms with Gasteiger partial charge in [-0.25, -0.2) is 0 Å². The molecule has 0 spiro atoms. The maximum atomic E-state index is 5.80. The molecule has 5 heteroatoms. The van der Waals surface area contributed by atoms with E-state index in [2.05, 4.69) is 38.0 Å². The van der Waals surface area contributed by atoms with Gasteiger partial charge in [0.25, 0.3) is 0 Å². The molecule has 0 amide bonds. The van der Waals surface area contributed by atoms with E-state index in [1.54, 1.807) is 0 Å². The van der Waals surface area contributed by atoms with Gasteiger partial charge in [-0.1, -0.05) is 19.9 Å². The fraction of sp³-hybridized carbons (Fsp3) is 0.438. The van der Waals surface area contributed by atoms with E-state index in [1.165, 1.54) is 0 Å². The minimum atomic E-state index is 0. The van der Waals surface area contributed by atoms with Gasteiger partial charge in [-0.05, 0) is 36.1 Å². The lowest BCUT2D eigenvalue weighted by atomic mass is 10.1. The summed E-state index contributed by atoms with van der Waals surface area (Å²) in [5.41, 5.74) is 8.94. The second kappa shape index (κ2) is 8.05. The van der Waals surface area contributed by atoms with Gasteiger partial charge in [0.2, 0.25) is 0 Å². The summed E-state index contributed by atoms with van der Waals surface area (Å²) in [5, 5.41) is 4.30. The molecule has 0 aliphatic carbocycles. The molecule has 0 saturated carbocycles. The van der Waals surface area contributed by atoms with Gasteiger partial charge in [-0.2, -0.15) is 5.10 Å². The predicted molar refractivity (Wildman–Crippen MR) is 89.0 cm³/mol. The number of hydrogen-bond acceptors (Lipinski definition) is 3. The zero-order valence-electron chi connectivity index (χ0n) is 12.9. The van der Waals surface area contributed by atoms with Crippen LogP contribution < -0.4 is 10.5 Å². The molecule has 0 radical (unpaired) electrons. The van der Waals surface area contributed by atoms with E-state index in [-0.39, 0.29) is 12.4 Å². The topological polar surface area (TPSA) is 53.1 Å². The Labute approximate surface area is 132 Å². The summed E-state index contributed by atoms with van der Waals surface area (Å²) in [6.07, 6.45) is 3.90. The quantitative estimate of drug-likeness (QED) is 0.891. The van der Waals surface area contributed by atoms with Crippen molar-refractivity contribution in [2.45, 2.75) is 27.3 Å². The van der Waals surface area contributed by atoms with Crippen LogP contribution in [0.3, 0.4) is 0 Å². The van der Waals surface area contributed by atoms with Crippen LogP contribution in [0.25, 0.3) is 11.1 Å². The largest absolute Gasteiger partial charge is 0.493 e. The summed E-state index contributed by atoms with van der Waals surface area (Å²) < 4.78 is 7.66. The highest BCUT2D eigenvalue weighted by atomic mass is 35.5. The molecule has 0 unspecified atom stereocenters. The zero-order valence-corrected chi connectivity index (χ0v) is 13.7. The summed E-state index contributed by atoms with van der Waals surface area (Å²) in [5.74, 6) is 1.49. The van der Waals surface area contributed by atoms with Gasteiger partial charge >= 0.3 is 0 Å². The molecule has 1 aromatic carbocycles. The van der Waals surface area contributed by atoms with Gasteiger partial charge in [0.1, 0.15) is 5.75 Å². The molecular formula is C16H24ClN3O. The summed E-state index contributed by atoms with van der Waals surface area (Å²) in [4.78, 5) is 0. The molecule has 0 bridgehead atoms. The van der Waals surface area contributed by atoms with Crippen LogP contribution in [0.5, 0.6) is 5.75 Å². The second-order valence-electron chi connectivity index (χ2n) is 5.47. The van der Waals surface area contributed by atoms with Crippen LogP contribution in [-0.2, 0) is 6.54 Å². The monoisotopic (exact) mass is 309 g/mol. The van der Waals surface area contributed by atoms with Gasteiger partial charge in [0.15, 0.2) is 0 Å². The number of nitrogens with zero attached hydrogens (tertiary/aromatic N) is 2. The predicted octanol–water partition coefficient (Wildman–Crippen LogP) is 3.27. The minimum absolute atomic E-state index is 0. The van der Waals surface area contributed by atoms with Crippen molar-refractivity contribution < 1.29 is 4.74 Å². The molecule has 0 atom stereocenters. The van der Waals surface area contributed by atoms with Crippen LogP contribution in [0.1, 0.15) is 19.4 Å². The highest BCUT2D eigenvalue weighted by Crippen LogP contribution is 2.26. The number of aryl methyl sites for hydroxylation is 1. The molecule has 21 heavy (non-hydrogen) atoms. The van der Waals surface area contributed by atoms with Crippen molar-refractivity contribution in [1.82, 2.24) is 9.78 Å². The van der Waals surface area contributed by atoms with E-state index in [4.69, 9.17) is 10.5 Å². The SMILES string of the molecule is Cc1cc(-c2cnn(CCN)c2)ccc1OCC(C)C.Cl. The number of ether oxygens (including phenoxy) is 1. The lowest BCUT2D eigenvalue weighted by molar-refractivity contribution is 0.269. The lowest BCUT2D eigenvalue weighted by Crippen LogP contribution is -2.09. The van der Waals surface area contributed by atoms with Crippen molar-refractivity contribution in [3.63, 3.8) is 0 Å². The van der Waals surface area contributed by atoms with Crippen molar-refractivity contribution in [2.75, 3.05) is 13.2 Å². The molecule has 0 aliphatic rings. The number of nitrogens with two attached hydrogens (primary N) is 1. The fourth-order valence-corrected chi connectivity index (χ4v) is 2.01. The van der Waals surface area contributed by atoms with Gasteiger partial charge in [-0.3, -0.25) is 4.68 Å². The molecule has 2 aromatic rings. The third-order valence-corrected chi connectivity index (χ3v) is 3.07. The fourth-order valence-electron chi connectivity index (χ4n) is 2.01. The third kappa shape index (κ3) is 4.76. The molecule has 2 rings (SSSR count). The minimum Gasteiger partial charge on any atom is -0.493 e. The first-order chi connectivity index (χ1) is 9.60. The summed E-state index contributed by atoms with van der Waals surface area (Å²) in [6, 6.07) is 6.25. The molecule has 4 nitrogen and oxygen atoms in total. The Morgan fingerprint density at radius 1 is 1.29 bits per heavy atom. The summed E-state index contributed by atoms with van der Waals surface area (Å²) >= 11 is 0. The number of benzene rings is 1. The van der Waals surface area contributed by atoms with E-state index < -0.39 is 0 Å². The number of rotatable bonds is 6. The van der Waals surface area contributed by atoms with Crippen LogP contribution in [0, 0.1) is 12.8 Å². The highest BCUT2D eigenvalue weighted by Gasteiger charge is 2.06. The smallest absolute Gasteiger partial charge is 0.122 e. The third-order valence-electron chi connectivity index (χ3n) is 3.07. The van der Waals surface area contributed by atoms with Crippen LogP contribution in [0.4, 0.5) is 0 Å². The Hall–Kier alpha value is -1.52. The van der Waals surface area contributed by atoms with Crippen molar-refractivity contribution in [2.24, 2.45) is 11.7 Å². The Balaban J connectivity index is 0.00000220. The Morgan fingerprint density at radius 2 is 2.05 bits per heavy atom. The van der Waals surface area contributed by atoms with Crippen molar-refractivity contribution in [3.05, 3.63) is 36.2 Å². The normalized spacial score (nSPS) is 10.5. The second-order valence-corrected chi connectivity index (χ2v) is 5.47. The van der Waals surface area contributed by atoms with Crippen molar-refractivity contribution in [1.29, 1.82) is 0 Å². The first kappa shape index (κ1) is 17.5. The van der Waals surface area contributed by atoms with Gasteiger partial charge in [-0.15, -0.1) is 12.4 Å². The molecule has 0 saturated heterocycles. The number of aromatic nitrogens is 2. The zero-order chi connectivity index (χ0) is 14.5. The molecule has 1 heterocycles. The Kier molecular flexibility index (Phi) is 6.72. The van der Waals surface area contributed by atoms with E-state index in [0.717, 1.165) is 35.6 Å². The number of halogens is 1. The summed E-state index contributed by atoms with van der Waals surface area (Å²) in [6.45, 7) is 8.46. The van der Waals surface area contributed by atoms with Gasteiger partial charge in [0.05, 0.1) is 19.3 Å². The van der Waals surface area contributed by atoms with E-state index in [0.29, 0.717) is 12.5 Å². The molecule has 116 valence electrons. The van der Waals surface area contributed by atoms with E-state index >= 15 is 0 Å². The standard InChI is InChI=1S/C16H23N3O.ClH/c1-12(2)11-20-16-5-4-14(8-13(16)3)15-9-18-19(10-15)7-6-17;/h4-5,8-10,12H,6-7,11,17H2,1-3H3;1H. The first-order valence-corrected chi connectivity index (χ1v) is 7.06. The van der Waals surface area contributed by atoms with Crippen LogP contribution in [0.2, 0.25) is 0 Å². The molecular weight excluding hydrogens is 286 g/mol. The van der Waals surface area contributed by atoms with Crippen molar-refractivity contribution in [3.8, 4) is 16.9 Å². The highest BCUT2D eigenvalue weighted by molar-refractivity contribution is 5.85. The van der Waals surface area contributed by atoms with Crippen LogP contribution in [-0.4, -0.2) is 22.9 Å². The first-order valence-electron chi connectivity index (χ1n) is 7.06. The lowest BCUT2D eigenvalue weighted by Gasteiger charge is -2.12. The Bertz CT molecular complexity index is 566. The maximum Gasteiger partial charge on any atom is 0.122 e. The molecule has 1 aromatic heterocycles. The van der Waals surface area contributed by atoms with Crippen molar-refractivity contribution >= 4 is 12.4 Å². The van der Waals surface area contributed by atoms with Crippen LogP contribution in [0.15, 0.2) is 30.6 Å². The molecule has 0 aliphatic heterocycles. The van der Waals surface area contributed by atoms with E-state index in [1.807, 2.05) is 23.1 Å². The maximum absolute atomic E-state index is 5.80. The molecule has 0 fully saturated rings. The van der Waals surface area contributed by atoms with Crippen LogP contribution >= 0.6 is 12.4 Å². The van der Waals surface area contributed by atoms with Gasteiger partial charge < -0.3 is 10.5 Å².